The first-order valence-corrected chi connectivity index (χ1v) is 5.68. The topological polar surface area (TPSA) is 26.3 Å². The zero-order valence-corrected chi connectivity index (χ0v) is 9.75. The van der Waals surface area contributed by atoms with E-state index >= 15 is 0 Å². The summed E-state index contributed by atoms with van der Waals surface area (Å²) < 4.78 is 5.22. The largest absolute Gasteiger partial charge is 0.463 e. The Bertz CT molecular complexity index is 198. The smallest absolute Gasteiger partial charge is 0.302 e. The van der Waals surface area contributed by atoms with Crippen molar-refractivity contribution in [1.82, 2.24) is 0 Å². The van der Waals surface area contributed by atoms with Gasteiger partial charge in [0.15, 0.2) is 0 Å². The lowest BCUT2D eigenvalue weighted by atomic mass is 9.92. The fourth-order valence-electron chi connectivity index (χ4n) is 2.44. The second-order valence-electron chi connectivity index (χ2n) is 4.89. The highest BCUT2D eigenvalue weighted by Gasteiger charge is 2.31. The third-order valence-electron chi connectivity index (χ3n) is 3.47. The van der Waals surface area contributed by atoms with E-state index < -0.39 is 0 Å². The standard InChI is InChI=1S/C12H22O2/c1-8(2)11-5-6-12(7-11)9(3)14-10(4)13/h8-9,11-12H,5-7H2,1-4H3. The maximum Gasteiger partial charge on any atom is 0.302 e. The average Bonchev–Trinajstić information content (AvgIpc) is 2.50. The fourth-order valence-corrected chi connectivity index (χ4v) is 2.44. The van der Waals surface area contributed by atoms with Crippen molar-refractivity contribution < 1.29 is 9.53 Å². The van der Waals surface area contributed by atoms with Crippen molar-refractivity contribution in [2.75, 3.05) is 0 Å². The molecule has 3 atom stereocenters. The normalized spacial score (nSPS) is 29.2. The van der Waals surface area contributed by atoms with Gasteiger partial charge >= 0.3 is 5.97 Å². The van der Waals surface area contributed by atoms with Crippen LogP contribution in [0.1, 0.15) is 47.0 Å². The quantitative estimate of drug-likeness (QED) is 0.652. The molecule has 0 aromatic carbocycles. The second-order valence-corrected chi connectivity index (χ2v) is 4.89. The molecule has 2 nitrogen and oxygen atoms in total. The van der Waals surface area contributed by atoms with Gasteiger partial charge in [-0.3, -0.25) is 4.79 Å². The highest BCUT2D eigenvalue weighted by molar-refractivity contribution is 5.66. The van der Waals surface area contributed by atoms with Gasteiger partial charge < -0.3 is 4.74 Å². The molecule has 0 radical (unpaired) electrons. The summed E-state index contributed by atoms with van der Waals surface area (Å²) in [5, 5.41) is 0. The van der Waals surface area contributed by atoms with Crippen LogP contribution >= 0.6 is 0 Å². The Hall–Kier alpha value is -0.530. The molecule has 14 heavy (non-hydrogen) atoms. The van der Waals surface area contributed by atoms with Crippen LogP contribution in [-0.4, -0.2) is 12.1 Å². The Morgan fingerprint density at radius 3 is 2.21 bits per heavy atom. The molecule has 1 aliphatic rings. The van der Waals surface area contributed by atoms with Gasteiger partial charge in [0.2, 0.25) is 0 Å². The summed E-state index contributed by atoms with van der Waals surface area (Å²) >= 11 is 0. The second kappa shape index (κ2) is 4.81. The fraction of sp³-hybridized carbons (Fsp3) is 0.917. The van der Waals surface area contributed by atoms with Crippen LogP contribution in [-0.2, 0) is 9.53 Å². The first-order chi connectivity index (χ1) is 6.50. The van der Waals surface area contributed by atoms with Crippen LogP contribution < -0.4 is 0 Å². The molecule has 0 aromatic heterocycles. The number of hydrogen-bond acceptors (Lipinski definition) is 2. The molecule has 3 unspecified atom stereocenters. The number of carbonyl (C=O) groups excluding carboxylic acids is 1. The van der Waals surface area contributed by atoms with Gasteiger partial charge in [-0.25, -0.2) is 0 Å². The van der Waals surface area contributed by atoms with E-state index in [0.717, 1.165) is 11.8 Å². The lowest BCUT2D eigenvalue weighted by Gasteiger charge is -2.20. The molecule has 2 heteroatoms. The first kappa shape index (κ1) is 11.5. The number of carbonyl (C=O) groups is 1. The highest BCUT2D eigenvalue weighted by atomic mass is 16.5. The summed E-state index contributed by atoms with van der Waals surface area (Å²) in [6, 6.07) is 0. The molecular formula is C12H22O2. The molecule has 0 spiro atoms. The van der Waals surface area contributed by atoms with E-state index in [1.165, 1.54) is 26.2 Å². The Kier molecular flexibility index (Phi) is 3.97. The molecule has 0 saturated heterocycles. The van der Waals surface area contributed by atoms with Gasteiger partial charge in [-0.15, -0.1) is 0 Å². The summed E-state index contributed by atoms with van der Waals surface area (Å²) in [4.78, 5) is 10.8. The third-order valence-corrected chi connectivity index (χ3v) is 3.47. The lowest BCUT2D eigenvalue weighted by molar-refractivity contribution is -0.147. The Balaban J connectivity index is 2.37. The van der Waals surface area contributed by atoms with E-state index in [1.807, 2.05) is 6.92 Å². The molecule has 0 amide bonds. The number of hydrogen-bond donors (Lipinski definition) is 0. The summed E-state index contributed by atoms with van der Waals surface area (Å²) in [5.41, 5.74) is 0. The minimum absolute atomic E-state index is 0.108. The summed E-state index contributed by atoms with van der Waals surface area (Å²) in [7, 11) is 0. The lowest BCUT2D eigenvalue weighted by Crippen LogP contribution is -2.21. The Morgan fingerprint density at radius 1 is 1.21 bits per heavy atom. The third kappa shape index (κ3) is 3.00. The number of ether oxygens (including phenoxy) is 1. The molecule has 0 aromatic rings. The van der Waals surface area contributed by atoms with Crippen molar-refractivity contribution >= 4 is 5.97 Å². The van der Waals surface area contributed by atoms with Gasteiger partial charge in [0, 0.05) is 6.92 Å². The molecule has 1 rings (SSSR count). The SMILES string of the molecule is CC(=O)OC(C)C1CCC(C(C)C)C1. The van der Waals surface area contributed by atoms with Crippen LogP contribution in [0.5, 0.6) is 0 Å². The first-order valence-electron chi connectivity index (χ1n) is 5.68. The minimum Gasteiger partial charge on any atom is -0.463 e. The molecule has 82 valence electrons. The van der Waals surface area contributed by atoms with E-state index in [1.54, 1.807) is 0 Å². The Labute approximate surface area is 87.0 Å². The average molecular weight is 198 g/mol. The monoisotopic (exact) mass is 198 g/mol. The van der Waals surface area contributed by atoms with Crippen molar-refractivity contribution in [3.63, 3.8) is 0 Å². The van der Waals surface area contributed by atoms with Crippen molar-refractivity contribution in [1.29, 1.82) is 0 Å². The van der Waals surface area contributed by atoms with E-state index in [4.69, 9.17) is 4.74 Å². The summed E-state index contributed by atoms with van der Waals surface area (Å²) in [6.07, 6.45) is 3.86. The van der Waals surface area contributed by atoms with Gasteiger partial charge in [-0.1, -0.05) is 13.8 Å². The van der Waals surface area contributed by atoms with Gasteiger partial charge in [0.25, 0.3) is 0 Å². The van der Waals surface area contributed by atoms with Crippen LogP contribution in [0.3, 0.4) is 0 Å². The summed E-state index contributed by atoms with van der Waals surface area (Å²) in [5.74, 6) is 2.04. The maximum atomic E-state index is 10.8. The van der Waals surface area contributed by atoms with Gasteiger partial charge in [-0.05, 0) is 43.9 Å². The zero-order chi connectivity index (χ0) is 10.7. The van der Waals surface area contributed by atoms with Crippen LogP contribution in [0.25, 0.3) is 0 Å². The molecule has 0 bridgehead atoms. The molecule has 0 heterocycles. The summed E-state index contributed by atoms with van der Waals surface area (Å²) in [6.45, 7) is 8.08. The van der Waals surface area contributed by atoms with Crippen LogP contribution in [0.4, 0.5) is 0 Å². The highest BCUT2D eigenvalue weighted by Crippen LogP contribution is 2.37. The number of esters is 1. The van der Waals surface area contributed by atoms with E-state index in [2.05, 4.69) is 13.8 Å². The van der Waals surface area contributed by atoms with Crippen molar-refractivity contribution in [3.05, 3.63) is 0 Å². The van der Waals surface area contributed by atoms with Crippen LogP contribution in [0, 0.1) is 17.8 Å². The van der Waals surface area contributed by atoms with Gasteiger partial charge in [0.05, 0.1) is 0 Å². The molecular weight excluding hydrogens is 176 g/mol. The van der Waals surface area contributed by atoms with Crippen molar-refractivity contribution in [2.45, 2.75) is 53.1 Å². The molecule has 0 N–H and O–H groups in total. The maximum absolute atomic E-state index is 10.8. The predicted octanol–water partition coefficient (Wildman–Crippen LogP) is 3.01. The number of rotatable bonds is 3. The van der Waals surface area contributed by atoms with Crippen LogP contribution in [0.2, 0.25) is 0 Å². The molecule has 1 saturated carbocycles. The van der Waals surface area contributed by atoms with Gasteiger partial charge in [0.1, 0.15) is 6.10 Å². The Morgan fingerprint density at radius 2 is 1.79 bits per heavy atom. The predicted molar refractivity (Wildman–Crippen MR) is 56.9 cm³/mol. The minimum atomic E-state index is -0.148. The van der Waals surface area contributed by atoms with Crippen LogP contribution in [0.15, 0.2) is 0 Å². The van der Waals surface area contributed by atoms with E-state index in [9.17, 15) is 4.79 Å². The molecule has 0 aliphatic heterocycles. The molecule has 1 fully saturated rings. The zero-order valence-electron chi connectivity index (χ0n) is 9.75. The van der Waals surface area contributed by atoms with Crippen molar-refractivity contribution in [2.24, 2.45) is 17.8 Å². The van der Waals surface area contributed by atoms with E-state index in [0.29, 0.717) is 5.92 Å². The van der Waals surface area contributed by atoms with Gasteiger partial charge in [-0.2, -0.15) is 0 Å². The molecule has 1 aliphatic carbocycles. The van der Waals surface area contributed by atoms with Crippen molar-refractivity contribution in [3.8, 4) is 0 Å². The van der Waals surface area contributed by atoms with E-state index in [-0.39, 0.29) is 12.1 Å².